The lowest BCUT2D eigenvalue weighted by Gasteiger charge is -2.29. The third-order valence-electron chi connectivity index (χ3n) is 4.55. The molecule has 0 radical (unpaired) electrons. The van der Waals surface area contributed by atoms with Crippen molar-refractivity contribution in [1.82, 2.24) is 4.90 Å². The standard InChI is InChI=1S/C19H29N/c1-3-17-11-8-12-19(14-13-17)16-20(4-2)15-18-9-6-5-7-10-18/h3,8,12-14,18H,1,4-7,9-11,15-16H2,2H3. The van der Waals surface area contributed by atoms with Gasteiger partial charge in [0, 0.05) is 13.1 Å². The Labute approximate surface area is 124 Å². The Morgan fingerprint density at radius 2 is 2.05 bits per heavy atom. The second kappa shape index (κ2) is 8.26. The van der Waals surface area contributed by atoms with Crippen LogP contribution in [0.3, 0.4) is 0 Å². The molecule has 110 valence electrons. The highest BCUT2D eigenvalue weighted by Gasteiger charge is 2.16. The molecule has 0 unspecified atom stereocenters. The van der Waals surface area contributed by atoms with E-state index in [0.29, 0.717) is 0 Å². The van der Waals surface area contributed by atoms with E-state index in [4.69, 9.17) is 0 Å². The molecular formula is C19H29N. The fourth-order valence-electron chi connectivity index (χ4n) is 3.24. The number of likely N-dealkylation sites (N-methyl/N-ethyl adjacent to an activating group) is 1. The Kier molecular flexibility index (Phi) is 6.32. The van der Waals surface area contributed by atoms with Gasteiger partial charge in [0.1, 0.15) is 0 Å². The summed E-state index contributed by atoms with van der Waals surface area (Å²) >= 11 is 0. The molecule has 1 heteroatoms. The average molecular weight is 271 g/mol. The lowest BCUT2D eigenvalue weighted by atomic mass is 9.89. The van der Waals surface area contributed by atoms with Gasteiger partial charge in [-0.05, 0) is 42.9 Å². The number of hydrogen-bond donors (Lipinski definition) is 0. The van der Waals surface area contributed by atoms with Crippen molar-refractivity contribution in [1.29, 1.82) is 0 Å². The van der Waals surface area contributed by atoms with Crippen molar-refractivity contribution in [3.63, 3.8) is 0 Å². The third kappa shape index (κ3) is 4.79. The second-order valence-electron chi connectivity index (χ2n) is 6.13. The van der Waals surface area contributed by atoms with Crippen LogP contribution in [0.5, 0.6) is 0 Å². The van der Waals surface area contributed by atoms with E-state index in [1.165, 1.54) is 49.8 Å². The highest BCUT2D eigenvalue weighted by molar-refractivity contribution is 5.35. The molecule has 2 rings (SSSR count). The quantitative estimate of drug-likeness (QED) is 0.665. The summed E-state index contributed by atoms with van der Waals surface area (Å²) < 4.78 is 0. The normalized spacial score (nSPS) is 20.5. The first-order chi connectivity index (χ1) is 9.81. The van der Waals surface area contributed by atoms with Gasteiger partial charge in [0.2, 0.25) is 0 Å². The summed E-state index contributed by atoms with van der Waals surface area (Å²) in [5, 5.41) is 0. The van der Waals surface area contributed by atoms with Crippen molar-refractivity contribution in [2.24, 2.45) is 5.92 Å². The molecule has 0 atom stereocenters. The molecule has 0 aliphatic heterocycles. The van der Waals surface area contributed by atoms with Crippen molar-refractivity contribution in [3.8, 4) is 0 Å². The Bertz CT molecular complexity index is 394. The molecule has 0 heterocycles. The van der Waals surface area contributed by atoms with Crippen LogP contribution in [0, 0.1) is 5.92 Å². The van der Waals surface area contributed by atoms with Crippen molar-refractivity contribution < 1.29 is 0 Å². The molecule has 0 aromatic heterocycles. The number of rotatable bonds is 6. The van der Waals surface area contributed by atoms with Gasteiger partial charge in [-0.25, -0.2) is 0 Å². The minimum atomic E-state index is 0.929. The second-order valence-corrected chi connectivity index (χ2v) is 6.13. The highest BCUT2D eigenvalue weighted by atomic mass is 15.1. The van der Waals surface area contributed by atoms with E-state index in [0.717, 1.165) is 25.4 Å². The highest BCUT2D eigenvalue weighted by Crippen LogP contribution is 2.24. The predicted molar refractivity (Wildman–Crippen MR) is 88.8 cm³/mol. The van der Waals surface area contributed by atoms with E-state index in [1.807, 2.05) is 6.08 Å². The van der Waals surface area contributed by atoms with Crippen LogP contribution < -0.4 is 0 Å². The zero-order valence-electron chi connectivity index (χ0n) is 13.0. The Hall–Kier alpha value is -1.08. The van der Waals surface area contributed by atoms with Gasteiger partial charge < -0.3 is 0 Å². The van der Waals surface area contributed by atoms with Crippen LogP contribution in [0.25, 0.3) is 0 Å². The van der Waals surface area contributed by atoms with Gasteiger partial charge in [0.05, 0.1) is 0 Å². The van der Waals surface area contributed by atoms with Gasteiger partial charge in [-0.2, -0.15) is 0 Å². The van der Waals surface area contributed by atoms with Crippen molar-refractivity contribution in [2.45, 2.75) is 45.4 Å². The van der Waals surface area contributed by atoms with E-state index >= 15 is 0 Å². The molecule has 0 amide bonds. The molecule has 1 fully saturated rings. The molecule has 20 heavy (non-hydrogen) atoms. The zero-order valence-corrected chi connectivity index (χ0v) is 13.0. The van der Waals surface area contributed by atoms with Crippen LogP contribution in [0.2, 0.25) is 0 Å². The number of allylic oxidation sites excluding steroid dienone is 5. The lowest BCUT2D eigenvalue weighted by molar-refractivity contribution is 0.222. The van der Waals surface area contributed by atoms with E-state index < -0.39 is 0 Å². The molecule has 1 nitrogen and oxygen atoms in total. The van der Waals surface area contributed by atoms with Gasteiger partial charge in [-0.1, -0.05) is 63.1 Å². The maximum Gasteiger partial charge on any atom is 0.0233 e. The van der Waals surface area contributed by atoms with Gasteiger partial charge in [0.15, 0.2) is 0 Å². The molecule has 1 saturated carbocycles. The SMILES string of the molecule is C=CC1=CC=C(CN(CC)CC2CCCCC2)C=CC1. The average Bonchev–Trinajstić information content (AvgIpc) is 2.72. The molecule has 0 bridgehead atoms. The minimum absolute atomic E-state index is 0.929. The molecule has 0 aromatic carbocycles. The maximum absolute atomic E-state index is 3.86. The van der Waals surface area contributed by atoms with Gasteiger partial charge >= 0.3 is 0 Å². The monoisotopic (exact) mass is 271 g/mol. The van der Waals surface area contributed by atoms with Crippen molar-refractivity contribution in [2.75, 3.05) is 19.6 Å². The first-order valence-electron chi connectivity index (χ1n) is 8.23. The molecule has 0 spiro atoms. The maximum atomic E-state index is 3.86. The van der Waals surface area contributed by atoms with Crippen LogP contribution in [-0.2, 0) is 0 Å². The summed E-state index contributed by atoms with van der Waals surface area (Å²) in [6, 6.07) is 0. The van der Waals surface area contributed by atoms with E-state index in [2.05, 4.69) is 42.7 Å². The molecular weight excluding hydrogens is 242 g/mol. The van der Waals surface area contributed by atoms with E-state index in [1.54, 1.807) is 0 Å². The fraction of sp³-hybridized carbons (Fsp3) is 0.579. The summed E-state index contributed by atoms with van der Waals surface area (Å²) in [7, 11) is 0. The predicted octanol–water partition coefficient (Wildman–Crippen LogP) is 4.89. The van der Waals surface area contributed by atoms with E-state index in [-0.39, 0.29) is 0 Å². The minimum Gasteiger partial charge on any atom is -0.299 e. The first-order valence-corrected chi connectivity index (χ1v) is 8.23. The van der Waals surface area contributed by atoms with Crippen LogP contribution in [0.15, 0.2) is 48.1 Å². The molecule has 0 saturated heterocycles. The molecule has 0 aromatic rings. The van der Waals surface area contributed by atoms with Crippen molar-refractivity contribution >= 4 is 0 Å². The number of nitrogens with zero attached hydrogens (tertiary/aromatic N) is 1. The topological polar surface area (TPSA) is 3.24 Å². The zero-order chi connectivity index (χ0) is 14.2. The molecule has 2 aliphatic carbocycles. The Balaban J connectivity index is 1.90. The Morgan fingerprint density at radius 1 is 1.25 bits per heavy atom. The van der Waals surface area contributed by atoms with Crippen LogP contribution >= 0.6 is 0 Å². The van der Waals surface area contributed by atoms with Gasteiger partial charge in [-0.3, -0.25) is 4.90 Å². The van der Waals surface area contributed by atoms with Crippen molar-refractivity contribution in [3.05, 3.63) is 48.1 Å². The Morgan fingerprint density at radius 3 is 2.75 bits per heavy atom. The summed E-state index contributed by atoms with van der Waals surface area (Å²) in [4.78, 5) is 2.61. The van der Waals surface area contributed by atoms with Gasteiger partial charge in [0.25, 0.3) is 0 Å². The summed E-state index contributed by atoms with van der Waals surface area (Å²) in [5.74, 6) is 0.929. The third-order valence-corrected chi connectivity index (χ3v) is 4.55. The van der Waals surface area contributed by atoms with Crippen LogP contribution in [0.4, 0.5) is 0 Å². The largest absolute Gasteiger partial charge is 0.299 e. The number of hydrogen-bond acceptors (Lipinski definition) is 1. The van der Waals surface area contributed by atoms with Crippen LogP contribution in [0.1, 0.15) is 45.4 Å². The summed E-state index contributed by atoms with van der Waals surface area (Å²) in [6.45, 7) is 9.67. The summed E-state index contributed by atoms with van der Waals surface area (Å²) in [6.07, 6.45) is 19.2. The fourth-order valence-corrected chi connectivity index (χ4v) is 3.24. The smallest absolute Gasteiger partial charge is 0.0233 e. The molecule has 2 aliphatic rings. The van der Waals surface area contributed by atoms with Crippen LogP contribution in [-0.4, -0.2) is 24.5 Å². The first kappa shape index (κ1) is 15.3. The molecule has 0 N–H and O–H groups in total. The lowest BCUT2D eigenvalue weighted by Crippen LogP contribution is -2.32. The summed E-state index contributed by atoms with van der Waals surface area (Å²) in [5.41, 5.74) is 2.74. The van der Waals surface area contributed by atoms with Gasteiger partial charge in [-0.15, -0.1) is 0 Å². The van der Waals surface area contributed by atoms with E-state index in [9.17, 15) is 0 Å².